The van der Waals surface area contributed by atoms with Crippen molar-refractivity contribution in [3.8, 4) is 0 Å². The molecule has 0 bridgehead atoms. The van der Waals surface area contributed by atoms with E-state index in [1.165, 1.54) is 9.78 Å². The summed E-state index contributed by atoms with van der Waals surface area (Å²) in [6.07, 6.45) is 0.498. The van der Waals surface area contributed by atoms with Gasteiger partial charge in [-0.15, -0.1) is 35.3 Å². The largest absolute Gasteiger partial charge is 0.401 e. The molecule has 1 aliphatic rings. The third-order valence-electron chi connectivity index (χ3n) is 4.82. The van der Waals surface area contributed by atoms with Gasteiger partial charge in [0, 0.05) is 50.2 Å². The molecule has 1 saturated heterocycles. The van der Waals surface area contributed by atoms with Crippen LogP contribution in [0.15, 0.2) is 11.2 Å². The van der Waals surface area contributed by atoms with Gasteiger partial charge in [-0.3, -0.25) is 9.89 Å². The monoisotopic (exact) mass is 547 g/mol. The van der Waals surface area contributed by atoms with Gasteiger partial charge in [-0.1, -0.05) is 13.8 Å². The molecule has 0 saturated carbocycles. The Morgan fingerprint density at radius 3 is 2.72 bits per heavy atom. The van der Waals surface area contributed by atoms with E-state index in [0.29, 0.717) is 19.6 Å². The summed E-state index contributed by atoms with van der Waals surface area (Å²) < 4.78 is 38.1. The van der Waals surface area contributed by atoms with Gasteiger partial charge in [0.25, 0.3) is 0 Å². The van der Waals surface area contributed by atoms with E-state index in [1.54, 1.807) is 18.3 Å². The third-order valence-corrected chi connectivity index (χ3v) is 6.03. The van der Waals surface area contributed by atoms with E-state index in [2.05, 4.69) is 22.1 Å². The van der Waals surface area contributed by atoms with Gasteiger partial charge in [0.05, 0.1) is 11.6 Å². The Morgan fingerprint density at radius 1 is 1.38 bits per heavy atom. The lowest BCUT2D eigenvalue weighted by Crippen LogP contribution is -2.42. The van der Waals surface area contributed by atoms with Crippen LogP contribution in [0.4, 0.5) is 13.2 Å². The minimum atomic E-state index is -4.14. The molecule has 1 aromatic rings. The molecule has 168 valence electrons. The zero-order valence-corrected chi connectivity index (χ0v) is 20.6. The molecule has 1 aliphatic heterocycles. The number of hydrogen-bond donors (Lipinski definition) is 1. The Bertz CT molecular complexity index is 623. The average molecular weight is 547 g/mol. The van der Waals surface area contributed by atoms with Crippen molar-refractivity contribution in [2.24, 2.45) is 10.9 Å². The Kier molecular flexibility index (Phi) is 11.8. The fourth-order valence-electron chi connectivity index (χ4n) is 3.41. The van der Waals surface area contributed by atoms with Crippen LogP contribution in [-0.2, 0) is 12.8 Å². The normalized spacial score (nSPS) is 17.7. The second-order valence-electron chi connectivity index (χ2n) is 7.10. The summed E-state index contributed by atoms with van der Waals surface area (Å²) in [6, 6.07) is 0. The Hall–Kier alpha value is -0.620. The van der Waals surface area contributed by atoms with Crippen LogP contribution in [-0.4, -0.2) is 72.7 Å². The maximum Gasteiger partial charge on any atom is 0.401 e. The molecule has 0 radical (unpaired) electrons. The summed E-state index contributed by atoms with van der Waals surface area (Å²) >= 11 is 1.73. The van der Waals surface area contributed by atoms with E-state index in [0.717, 1.165) is 49.9 Å². The third kappa shape index (κ3) is 9.37. The smallest absolute Gasteiger partial charge is 0.357 e. The van der Waals surface area contributed by atoms with Crippen molar-refractivity contribution in [3.05, 3.63) is 16.1 Å². The van der Waals surface area contributed by atoms with E-state index < -0.39 is 12.7 Å². The fourth-order valence-corrected chi connectivity index (χ4v) is 4.26. The lowest BCUT2D eigenvalue weighted by molar-refractivity contribution is -0.146. The molecule has 29 heavy (non-hydrogen) atoms. The molecule has 1 N–H and O–H groups in total. The SMILES string of the molecule is CCNC(=NCCc1ncc(CC)s1)N1CCC(CN(CC)CC(F)(F)F)C1.I. The maximum absolute atomic E-state index is 12.7. The summed E-state index contributed by atoms with van der Waals surface area (Å²) in [5, 5.41) is 4.42. The maximum atomic E-state index is 12.7. The zero-order chi connectivity index (χ0) is 20.6. The summed E-state index contributed by atoms with van der Waals surface area (Å²) in [4.78, 5) is 14.1. The molecule has 5 nitrogen and oxygen atoms in total. The standard InChI is InChI=1S/C19H32F3N5S.HI/c1-4-16-11-25-17(28-16)7-9-24-18(23-5-2)27-10-8-15(13-27)12-26(6-3)14-19(20,21)22;/h11,15H,4-10,12-14H2,1-3H3,(H,23,24);1H. The van der Waals surface area contributed by atoms with Crippen molar-refractivity contribution in [3.63, 3.8) is 0 Å². The van der Waals surface area contributed by atoms with Crippen molar-refractivity contribution in [1.82, 2.24) is 20.1 Å². The van der Waals surface area contributed by atoms with Crippen LogP contribution >= 0.6 is 35.3 Å². The average Bonchev–Trinajstić information content (AvgIpc) is 3.28. The van der Waals surface area contributed by atoms with Crippen LogP contribution in [0.3, 0.4) is 0 Å². The number of nitrogens with zero attached hydrogens (tertiary/aromatic N) is 4. The van der Waals surface area contributed by atoms with E-state index in [1.807, 2.05) is 13.1 Å². The topological polar surface area (TPSA) is 43.8 Å². The lowest BCUT2D eigenvalue weighted by Gasteiger charge is -2.26. The molecule has 10 heteroatoms. The first kappa shape index (κ1) is 26.4. The van der Waals surface area contributed by atoms with E-state index >= 15 is 0 Å². The Morgan fingerprint density at radius 2 is 2.14 bits per heavy atom. The van der Waals surface area contributed by atoms with Crippen LogP contribution < -0.4 is 5.32 Å². The summed E-state index contributed by atoms with van der Waals surface area (Å²) in [5.41, 5.74) is 0. The number of halogens is 4. The molecular formula is C19H33F3IN5S. The minimum absolute atomic E-state index is 0. The number of thiazole rings is 1. The highest BCUT2D eigenvalue weighted by molar-refractivity contribution is 14.0. The Labute approximate surface area is 193 Å². The van der Waals surface area contributed by atoms with Crippen LogP contribution in [0.5, 0.6) is 0 Å². The second kappa shape index (κ2) is 12.9. The number of nitrogens with one attached hydrogen (secondary N) is 1. The van der Waals surface area contributed by atoms with Gasteiger partial charge in [0.2, 0.25) is 0 Å². The first-order valence-electron chi connectivity index (χ1n) is 10.1. The zero-order valence-electron chi connectivity index (χ0n) is 17.5. The van der Waals surface area contributed by atoms with Crippen molar-refractivity contribution in [1.29, 1.82) is 0 Å². The predicted octanol–water partition coefficient (Wildman–Crippen LogP) is 4.04. The molecule has 2 heterocycles. The van der Waals surface area contributed by atoms with Crippen molar-refractivity contribution < 1.29 is 13.2 Å². The molecule has 0 aliphatic carbocycles. The van der Waals surface area contributed by atoms with Crippen LogP contribution in [0, 0.1) is 5.92 Å². The summed E-state index contributed by atoms with van der Waals surface area (Å²) in [5.74, 6) is 1.09. The van der Waals surface area contributed by atoms with Crippen LogP contribution in [0.2, 0.25) is 0 Å². The number of rotatable bonds is 9. The van der Waals surface area contributed by atoms with Crippen molar-refractivity contribution in [2.75, 3.05) is 45.8 Å². The number of alkyl halides is 3. The number of guanidine groups is 1. The second-order valence-corrected chi connectivity index (χ2v) is 8.30. The summed E-state index contributed by atoms with van der Waals surface area (Å²) in [6.45, 7) is 9.00. The van der Waals surface area contributed by atoms with Gasteiger partial charge >= 0.3 is 6.18 Å². The fraction of sp³-hybridized carbons (Fsp3) is 0.789. The highest BCUT2D eigenvalue weighted by atomic mass is 127. The predicted molar refractivity (Wildman–Crippen MR) is 124 cm³/mol. The first-order chi connectivity index (χ1) is 13.3. The van der Waals surface area contributed by atoms with E-state index in [9.17, 15) is 13.2 Å². The minimum Gasteiger partial charge on any atom is -0.357 e. The highest BCUT2D eigenvalue weighted by Crippen LogP contribution is 2.21. The quantitative estimate of drug-likeness (QED) is 0.288. The Balaban J connectivity index is 0.00000420. The molecule has 0 amide bonds. The molecule has 1 aromatic heterocycles. The molecule has 1 atom stereocenters. The number of likely N-dealkylation sites (tertiary alicyclic amines) is 1. The molecule has 0 aromatic carbocycles. The van der Waals surface area contributed by atoms with E-state index in [-0.39, 0.29) is 29.9 Å². The molecule has 1 fully saturated rings. The van der Waals surface area contributed by atoms with E-state index in [4.69, 9.17) is 4.99 Å². The van der Waals surface area contributed by atoms with Gasteiger partial charge in [-0.2, -0.15) is 13.2 Å². The van der Waals surface area contributed by atoms with Gasteiger partial charge < -0.3 is 10.2 Å². The first-order valence-corrected chi connectivity index (χ1v) is 10.9. The summed E-state index contributed by atoms with van der Waals surface area (Å²) in [7, 11) is 0. The highest BCUT2D eigenvalue weighted by Gasteiger charge is 2.33. The number of aryl methyl sites for hydroxylation is 1. The number of aliphatic imine (C=N–C) groups is 1. The molecule has 2 rings (SSSR count). The number of aromatic nitrogens is 1. The molecule has 1 unspecified atom stereocenters. The van der Waals surface area contributed by atoms with Crippen molar-refractivity contribution >= 4 is 41.3 Å². The van der Waals surface area contributed by atoms with Crippen LogP contribution in [0.25, 0.3) is 0 Å². The molecule has 0 spiro atoms. The van der Waals surface area contributed by atoms with Gasteiger partial charge in [-0.05, 0) is 32.2 Å². The number of hydrogen-bond acceptors (Lipinski definition) is 4. The van der Waals surface area contributed by atoms with Gasteiger partial charge in [0.15, 0.2) is 5.96 Å². The van der Waals surface area contributed by atoms with Gasteiger partial charge in [0.1, 0.15) is 0 Å². The lowest BCUT2D eigenvalue weighted by atomic mass is 10.1. The van der Waals surface area contributed by atoms with Crippen LogP contribution in [0.1, 0.15) is 37.1 Å². The van der Waals surface area contributed by atoms with Crippen molar-refractivity contribution in [2.45, 2.75) is 46.2 Å². The van der Waals surface area contributed by atoms with Gasteiger partial charge in [-0.25, -0.2) is 4.98 Å². The molecular weight excluding hydrogens is 514 g/mol.